The van der Waals surface area contributed by atoms with Gasteiger partial charge in [0.15, 0.2) is 0 Å². The van der Waals surface area contributed by atoms with Crippen LogP contribution in [-0.2, 0) is 11.2 Å². The van der Waals surface area contributed by atoms with Crippen molar-refractivity contribution in [3.8, 4) is 16.3 Å². The summed E-state index contributed by atoms with van der Waals surface area (Å²) in [4.78, 5) is 16.7. The maximum atomic E-state index is 13.3. The van der Waals surface area contributed by atoms with E-state index in [9.17, 15) is 9.18 Å². The van der Waals surface area contributed by atoms with E-state index in [1.54, 1.807) is 18.2 Å². The van der Waals surface area contributed by atoms with Gasteiger partial charge in [0.25, 0.3) is 0 Å². The lowest BCUT2D eigenvalue weighted by Crippen LogP contribution is -2.15. The number of hydrogen-bond donors (Lipinski definition) is 1. The number of amides is 1. The summed E-state index contributed by atoms with van der Waals surface area (Å²) < 4.78 is 18.8. The standard InChI is InChI=1S/C19H17FN2O2S/c1-2-24-17-9-4-3-8-16(17)22-18(23)11-15-12-25-19(21-15)13-6-5-7-14(20)10-13/h3-10,12H,2,11H2,1H3,(H,22,23). The number of hydrogen-bond acceptors (Lipinski definition) is 4. The Labute approximate surface area is 149 Å². The largest absolute Gasteiger partial charge is 0.492 e. The summed E-state index contributed by atoms with van der Waals surface area (Å²) in [5.41, 5.74) is 1.99. The number of para-hydroxylation sites is 2. The van der Waals surface area contributed by atoms with Gasteiger partial charge in [0, 0.05) is 10.9 Å². The molecule has 2 aromatic carbocycles. The van der Waals surface area contributed by atoms with Crippen molar-refractivity contribution in [1.29, 1.82) is 0 Å². The highest BCUT2D eigenvalue weighted by Crippen LogP contribution is 2.26. The fraction of sp³-hybridized carbons (Fsp3) is 0.158. The zero-order valence-corrected chi connectivity index (χ0v) is 14.5. The lowest BCUT2D eigenvalue weighted by Gasteiger charge is -2.10. The molecule has 1 aromatic heterocycles. The van der Waals surface area contributed by atoms with Crippen molar-refractivity contribution in [2.45, 2.75) is 13.3 Å². The molecular weight excluding hydrogens is 339 g/mol. The second-order valence-corrected chi connectivity index (χ2v) is 6.17. The van der Waals surface area contributed by atoms with Crippen LogP contribution in [0.25, 0.3) is 10.6 Å². The Hall–Kier alpha value is -2.73. The first-order valence-corrected chi connectivity index (χ1v) is 8.75. The molecule has 0 spiro atoms. The number of anilines is 1. The molecule has 0 aliphatic rings. The number of halogens is 1. The van der Waals surface area contributed by atoms with Crippen molar-refractivity contribution in [2.24, 2.45) is 0 Å². The van der Waals surface area contributed by atoms with E-state index in [-0.39, 0.29) is 18.1 Å². The highest BCUT2D eigenvalue weighted by Gasteiger charge is 2.11. The molecule has 1 heterocycles. The summed E-state index contributed by atoms with van der Waals surface area (Å²) in [5.74, 6) is 0.153. The van der Waals surface area contributed by atoms with Gasteiger partial charge in [-0.05, 0) is 31.2 Å². The van der Waals surface area contributed by atoms with Crippen LogP contribution < -0.4 is 10.1 Å². The summed E-state index contributed by atoms with van der Waals surface area (Å²) in [5, 5.41) is 5.35. The average molecular weight is 356 g/mol. The predicted molar refractivity (Wildman–Crippen MR) is 97.5 cm³/mol. The molecule has 0 unspecified atom stereocenters. The van der Waals surface area contributed by atoms with Gasteiger partial charge in [0.1, 0.15) is 16.6 Å². The molecule has 0 aliphatic carbocycles. The minimum absolute atomic E-state index is 0.145. The van der Waals surface area contributed by atoms with E-state index >= 15 is 0 Å². The second-order valence-electron chi connectivity index (χ2n) is 5.31. The number of carbonyl (C=O) groups excluding carboxylic acids is 1. The molecule has 0 radical (unpaired) electrons. The summed E-state index contributed by atoms with van der Waals surface area (Å²) in [7, 11) is 0. The van der Waals surface area contributed by atoms with E-state index in [0.717, 1.165) is 0 Å². The van der Waals surface area contributed by atoms with Crippen LogP contribution in [0.4, 0.5) is 10.1 Å². The molecule has 0 saturated carbocycles. The van der Waals surface area contributed by atoms with Crippen LogP contribution in [0.3, 0.4) is 0 Å². The molecule has 128 valence electrons. The lowest BCUT2D eigenvalue weighted by molar-refractivity contribution is -0.115. The molecule has 3 rings (SSSR count). The molecule has 4 nitrogen and oxygen atoms in total. The van der Waals surface area contributed by atoms with Crippen LogP contribution in [0.5, 0.6) is 5.75 Å². The Kier molecular flexibility index (Phi) is 5.40. The molecule has 0 atom stereocenters. The molecule has 0 saturated heterocycles. The minimum Gasteiger partial charge on any atom is -0.492 e. The van der Waals surface area contributed by atoms with E-state index in [0.29, 0.717) is 34.3 Å². The molecule has 3 aromatic rings. The van der Waals surface area contributed by atoms with E-state index in [1.807, 2.05) is 30.5 Å². The highest BCUT2D eigenvalue weighted by atomic mass is 32.1. The van der Waals surface area contributed by atoms with E-state index < -0.39 is 0 Å². The van der Waals surface area contributed by atoms with Crippen molar-refractivity contribution in [3.05, 3.63) is 65.4 Å². The summed E-state index contributed by atoms with van der Waals surface area (Å²) >= 11 is 1.39. The smallest absolute Gasteiger partial charge is 0.230 e. The minimum atomic E-state index is -0.306. The first-order chi connectivity index (χ1) is 12.2. The monoisotopic (exact) mass is 356 g/mol. The molecule has 0 fully saturated rings. The fourth-order valence-corrected chi connectivity index (χ4v) is 3.17. The molecule has 1 N–H and O–H groups in total. The molecule has 6 heteroatoms. The molecular formula is C19H17FN2O2S. The van der Waals surface area contributed by atoms with E-state index in [1.165, 1.54) is 23.5 Å². The van der Waals surface area contributed by atoms with Gasteiger partial charge in [-0.1, -0.05) is 24.3 Å². The van der Waals surface area contributed by atoms with Crippen LogP contribution >= 0.6 is 11.3 Å². The Morgan fingerprint density at radius 3 is 2.88 bits per heavy atom. The van der Waals surface area contributed by atoms with Gasteiger partial charge in [-0.2, -0.15) is 0 Å². The van der Waals surface area contributed by atoms with Crippen LogP contribution in [0.2, 0.25) is 0 Å². The van der Waals surface area contributed by atoms with Crippen molar-refractivity contribution >= 4 is 22.9 Å². The van der Waals surface area contributed by atoms with Crippen LogP contribution in [-0.4, -0.2) is 17.5 Å². The highest BCUT2D eigenvalue weighted by molar-refractivity contribution is 7.13. The second kappa shape index (κ2) is 7.90. The Bertz CT molecular complexity index is 879. The van der Waals surface area contributed by atoms with Crippen molar-refractivity contribution in [3.63, 3.8) is 0 Å². The van der Waals surface area contributed by atoms with Gasteiger partial charge in [-0.15, -0.1) is 11.3 Å². The number of nitrogens with one attached hydrogen (secondary N) is 1. The third-order valence-electron chi connectivity index (χ3n) is 3.43. The lowest BCUT2D eigenvalue weighted by atomic mass is 10.2. The molecule has 1 amide bonds. The number of benzene rings is 2. The average Bonchev–Trinajstić information content (AvgIpc) is 3.05. The number of nitrogens with zero attached hydrogens (tertiary/aromatic N) is 1. The van der Waals surface area contributed by atoms with E-state index in [4.69, 9.17) is 4.74 Å². The summed E-state index contributed by atoms with van der Waals surface area (Å²) in [6.07, 6.45) is 0.145. The van der Waals surface area contributed by atoms with Crippen molar-refractivity contribution in [1.82, 2.24) is 4.98 Å². The molecule has 0 bridgehead atoms. The fourth-order valence-electron chi connectivity index (χ4n) is 2.35. The van der Waals surface area contributed by atoms with Crippen LogP contribution in [0.1, 0.15) is 12.6 Å². The zero-order valence-electron chi connectivity index (χ0n) is 13.7. The van der Waals surface area contributed by atoms with Crippen LogP contribution in [0, 0.1) is 5.82 Å². The quantitative estimate of drug-likeness (QED) is 0.706. The van der Waals surface area contributed by atoms with Crippen molar-refractivity contribution in [2.75, 3.05) is 11.9 Å². The van der Waals surface area contributed by atoms with Gasteiger partial charge < -0.3 is 10.1 Å². The number of aromatic nitrogens is 1. The SMILES string of the molecule is CCOc1ccccc1NC(=O)Cc1csc(-c2cccc(F)c2)n1. The maximum Gasteiger partial charge on any atom is 0.230 e. The van der Waals surface area contributed by atoms with Gasteiger partial charge in [-0.3, -0.25) is 4.79 Å². The number of carbonyl (C=O) groups is 1. The van der Waals surface area contributed by atoms with Gasteiger partial charge >= 0.3 is 0 Å². The number of rotatable bonds is 6. The summed E-state index contributed by atoms with van der Waals surface area (Å²) in [6.45, 7) is 2.41. The van der Waals surface area contributed by atoms with Gasteiger partial charge in [0.2, 0.25) is 5.91 Å². The Morgan fingerprint density at radius 2 is 2.08 bits per heavy atom. The van der Waals surface area contributed by atoms with Crippen molar-refractivity contribution < 1.29 is 13.9 Å². The third-order valence-corrected chi connectivity index (χ3v) is 4.37. The first kappa shape index (κ1) is 17.1. The summed E-state index contributed by atoms with van der Waals surface area (Å²) in [6, 6.07) is 13.6. The van der Waals surface area contributed by atoms with Gasteiger partial charge in [-0.25, -0.2) is 9.37 Å². The molecule has 25 heavy (non-hydrogen) atoms. The zero-order chi connectivity index (χ0) is 17.6. The Morgan fingerprint density at radius 1 is 1.24 bits per heavy atom. The first-order valence-electron chi connectivity index (χ1n) is 7.87. The Balaban J connectivity index is 1.68. The van der Waals surface area contributed by atoms with E-state index in [2.05, 4.69) is 10.3 Å². The normalized spacial score (nSPS) is 10.5. The third kappa shape index (κ3) is 4.42. The predicted octanol–water partition coefficient (Wildman–Crippen LogP) is 4.53. The molecule has 0 aliphatic heterocycles. The topological polar surface area (TPSA) is 51.2 Å². The van der Waals surface area contributed by atoms with Crippen LogP contribution in [0.15, 0.2) is 53.9 Å². The number of thiazole rings is 1. The van der Waals surface area contributed by atoms with Gasteiger partial charge in [0.05, 0.1) is 24.4 Å². The number of ether oxygens (including phenoxy) is 1. The maximum absolute atomic E-state index is 13.3.